The van der Waals surface area contributed by atoms with Crippen molar-refractivity contribution in [1.82, 2.24) is 25.6 Å². The average molecular weight is 766 g/mol. The van der Waals surface area contributed by atoms with Gasteiger partial charge in [-0.05, 0) is 35.1 Å². The van der Waals surface area contributed by atoms with Crippen molar-refractivity contribution in [3.05, 3.63) is 93.2 Å². The van der Waals surface area contributed by atoms with E-state index in [1.165, 1.54) is 0 Å². The van der Waals surface area contributed by atoms with Crippen LogP contribution in [0.4, 0.5) is 5.69 Å². The van der Waals surface area contributed by atoms with E-state index in [4.69, 9.17) is 46.7 Å². The van der Waals surface area contributed by atoms with E-state index in [-0.39, 0.29) is 46.6 Å². The van der Waals surface area contributed by atoms with E-state index in [1.807, 2.05) is 62.4 Å². The van der Waals surface area contributed by atoms with Gasteiger partial charge in [-0.25, -0.2) is 4.98 Å². The number of amides is 2. The summed E-state index contributed by atoms with van der Waals surface area (Å²) in [6.07, 6.45) is -1.87. The topological polar surface area (TPSA) is 168 Å². The Hall–Kier alpha value is -5.30. The van der Waals surface area contributed by atoms with Gasteiger partial charge in [0.25, 0.3) is 5.89 Å². The molecule has 3 aromatic heterocycles. The zero-order valence-corrected chi connectivity index (χ0v) is 31.0. The average Bonchev–Trinajstić information content (AvgIpc) is 3.94. The molecule has 274 valence electrons. The second kappa shape index (κ2) is 11.6. The second-order valence-corrected chi connectivity index (χ2v) is 15.8. The number of ether oxygens (including phenoxy) is 1. The minimum absolute atomic E-state index is 0.0872. The number of carbonyl (C=O) groups is 2. The van der Waals surface area contributed by atoms with Crippen LogP contribution in [0.2, 0.25) is 10.3 Å². The first-order valence-corrected chi connectivity index (χ1v) is 18.7. The Morgan fingerprint density at radius 1 is 1.00 bits per heavy atom. The third-order valence-corrected chi connectivity index (χ3v) is 11.7. The molecule has 7 heterocycles. The monoisotopic (exact) mass is 764 g/mol. The summed E-state index contributed by atoms with van der Waals surface area (Å²) in [7, 11) is 0. The smallest absolute Gasteiger partial charge is 0.250 e. The van der Waals surface area contributed by atoms with Crippen LogP contribution in [-0.2, 0) is 21.4 Å². The minimum Gasteiger partial charge on any atom is -0.469 e. The van der Waals surface area contributed by atoms with Crippen LogP contribution in [0.1, 0.15) is 62.1 Å². The Balaban J connectivity index is 1.30. The SMILES string of the molecule is CC(C)[C@H](O)C(=O)N[C@H]1Cc2ccc3c(c2)[C@]24c5cccc(c5N[C@@H]2O3)-c2cccc3[nH]c(Cl)c(c23)-c2oc(nc2Cl)-c2nc(oc24)[C@@H](C(C)C)NC1=O. The summed E-state index contributed by atoms with van der Waals surface area (Å²) in [4.78, 5) is 40.5. The Kier molecular flexibility index (Phi) is 7.15. The summed E-state index contributed by atoms with van der Waals surface area (Å²) in [5, 5.41) is 21.5. The molecule has 54 heavy (non-hydrogen) atoms. The molecular weight excluding hydrogens is 731 g/mol. The summed E-state index contributed by atoms with van der Waals surface area (Å²) in [5.41, 5.74) is 5.49. The lowest BCUT2D eigenvalue weighted by Gasteiger charge is -2.29. The number of para-hydroxylation sites is 1. The maximum Gasteiger partial charge on any atom is 0.250 e. The number of nitrogens with zero attached hydrogens (tertiary/aromatic N) is 2. The number of benzene rings is 3. The van der Waals surface area contributed by atoms with Gasteiger partial charge < -0.3 is 39.6 Å². The Morgan fingerprint density at radius 3 is 2.59 bits per heavy atom. The molecule has 4 aliphatic heterocycles. The number of aromatic nitrogens is 3. The number of aromatic amines is 1. The fourth-order valence-corrected chi connectivity index (χ4v) is 9.01. The van der Waals surface area contributed by atoms with Crippen LogP contribution in [0.25, 0.3) is 44.9 Å². The molecule has 0 saturated heterocycles. The van der Waals surface area contributed by atoms with Crippen LogP contribution in [-0.4, -0.2) is 50.2 Å². The molecule has 6 aromatic rings. The van der Waals surface area contributed by atoms with Crippen molar-refractivity contribution in [3.63, 3.8) is 0 Å². The van der Waals surface area contributed by atoms with Gasteiger partial charge in [0.15, 0.2) is 28.6 Å². The van der Waals surface area contributed by atoms with E-state index >= 15 is 0 Å². The number of oxazole rings is 2. The number of halogens is 2. The van der Waals surface area contributed by atoms with Crippen molar-refractivity contribution in [1.29, 1.82) is 0 Å². The maximum atomic E-state index is 14.2. The molecule has 2 amide bonds. The van der Waals surface area contributed by atoms with Gasteiger partial charge in [-0.3, -0.25) is 9.59 Å². The lowest BCUT2D eigenvalue weighted by atomic mass is 9.72. The lowest BCUT2D eigenvalue weighted by Crippen LogP contribution is -2.52. The molecule has 1 spiro atoms. The molecule has 0 unspecified atom stereocenters. The molecule has 3 aromatic carbocycles. The fraction of sp³-hybridized carbons (Fsp3) is 0.300. The van der Waals surface area contributed by atoms with E-state index in [9.17, 15) is 14.7 Å². The molecular formula is C40H34Cl2N6O6. The summed E-state index contributed by atoms with van der Waals surface area (Å²) < 4.78 is 20.4. The summed E-state index contributed by atoms with van der Waals surface area (Å²) in [5.74, 6) is -0.0970. The van der Waals surface area contributed by atoms with Gasteiger partial charge in [-0.2, -0.15) is 4.98 Å². The molecule has 14 heteroatoms. The summed E-state index contributed by atoms with van der Waals surface area (Å²) >= 11 is 13.9. The van der Waals surface area contributed by atoms with Crippen LogP contribution in [0.15, 0.2) is 63.4 Å². The van der Waals surface area contributed by atoms with Crippen molar-refractivity contribution >= 4 is 51.6 Å². The summed E-state index contributed by atoms with van der Waals surface area (Å²) in [6, 6.07) is 16.0. The van der Waals surface area contributed by atoms with Crippen molar-refractivity contribution in [3.8, 4) is 39.8 Å². The zero-order valence-electron chi connectivity index (χ0n) is 29.5. The maximum absolute atomic E-state index is 14.2. The number of rotatable bonds is 4. The predicted molar refractivity (Wildman–Crippen MR) is 201 cm³/mol. The number of hydrogen-bond acceptors (Lipinski definition) is 9. The molecule has 0 aliphatic carbocycles. The lowest BCUT2D eigenvalue weighted by molar-refractivity contribution is -0.135. The van der Waals surface area contributed by atoms with Crippen LogP contribution in [0, 0.1) is 11.8 Å². The normalized spacial score (nSPS) is 22.2. The highest BCUT2D eigenvalue weighted by atomic mass is 35.5. The number of carbonyl (C=O) groups excluding carboxylic acids is 2. The number of aliphatic hydroxyl groups excluding tert-OH is 1. The predicted octanol–water partition coefficient (Wildman–Crippen LogP) is 7.11. The van der Waals surface area contributed by atoms with Crippen LogP contribution in [0.3, 0.4) is 0 Å². The number of anilines is 1. The quantitative estimate of drug-likeness (QED) is 0.126. The molecule has 0 fully saturated rings. The van der Waals surface area contributed by atoms with Crippen molar-refractivity contribution in [2.75, 3.05) is 5.32 Å². The van der Waals surface area contributed by atoms with Crippen LogP contribution < -0.4 is 20.7 Å². The zero-order chi connectivity index (χ0) is 37.4. The molecule has 4 aliphatic rings. The van der Waals surface area contributed by atoms with E-state index in [0.29, 0.717) is 22.2 Å². The second-order valence-electron chi connectivity index (χ2n) is 15.1. The van der Waals surface area contributed by atoms with Crippen molar-refractivity contribution < 1.29 is 28.3 Å². The molecule has 10 bridgehead atoms. The summed E-state index contributed by atoms with van der Waals surface area (Å²) in [6.45, 7) is 7.36. The molecule has 12 nitrogen and oxygen atoms in total. The van der Waals surface area contributed by atoms with E-state index in [2.05, 4.69) is 27.0 Å². The van der Waals surface area contributed by atoms with Crippen molar-refractivity contribution in [2.24, 2.45) is 11.8 Å². The van der Waals surface area contributed by atoms with Gasteiger partial charge in [0.05, 0.1) is 5.56 Å². The third-order valence-electron chi connectivity index (χ3n) is 11.2. The van der Waals surface area contributed by atoms with Crippen molar-refractivity contribution in [2.45, 2.75) is 63.9 Å². The Labute approximate surface area is 318 Å². The first kappa shape index (κ1) is 33.3. The van der Waals surface area contributed by atoms with Gasteiger partial charge in [-0.1, -0.05) is 93.4 Å². The number of hydrogen-bond donors (Lipinski definition) is 5. The third kappa shape index (κ3) is 4.47. The highest BCUT2D eigenvalue weighted by Gasteiger charge is 2.61. The van der Waals surface area contributed by atoms with Gasteiger partial charge in [0.2, 0.25) is 17.7 Å². The van der Waals surface area contributed by atoms with Gasteiger partial charge in [0.1, 0.15) is 34.5 Å². The standard InChI is InChI=1S/C40H34Cl2N6O6/c1-15(2)27-37-46-29-32(54-37)40-20-9-5-8-19(18-7-6-10-22-25(18)26(33(41)43-22)31-34(42)48-38(29)53-31)28(20)47-39(40)52-24-12-11-17(13-21(24)40)14-23(35(50)45-27)44-36(51)30(49)16(3)4/h5-13,15-16,23,27,30,39,43,47,49H,14H2,1-4H3,(H,44,51)(H,45,50)/t23-,27+,30-,39+,40-/m0/s1. The number of nitrogens with one attached hydrogen (secondary N) is 4. The van der Waals surface area contributed by atoms with Crippen LogP contribution in [0.5, 0.6) is 5.75 Å². The highest BCUT2D eigenvalue weighted by Crippen LogP contribution is 2.62. The first-order chi connectivity index (χ1) is 25.9. The molecule has 10 rings (SSSR count). The van der Waals surface area contributed by atoms with Gasteiger partial charge >= 0.3 is 0 Å². The van der Waals surface area contributed by atoms with Gasteiger partial charge in [0, 0.05) is 39.7 Å². The fourth-order valence-electron chi connectivity index (χ4n) is 8.52. The Bertz CT molecular complexity index is 2590. The van der Waals surface area contributed by atoms with E-state index in [0.717, 1.165) is 44.4 Å². The molecule has 0 saturated carbocycles. The first-order valence-electron chi connectivity index (χ1n) is 17.9. The number of fused-ring (bicyclic) bond motifs is 7. The molecule has 0 radical (unpaired) electrons. The van der Waals surface area contributed by atoms with Gasteiger partial charge in [-0.15, -0.1) is 0 Å². The largest absolute Gasteiger partial charge is 0.469 e. The van der Waals surface area contributed by atoms with E-state index < -0.39 is 41.6 Å². The highest BCUT2D eigenvalue weighted by molar-refractivity contribution is 6.37. The Morgan fingerprint density at radius 2 is 1.80 bits per heavy atom. The van der Waals surface area contributed by atoms with E-state index in [1.54, 1.807) is 13.8 Å². The minimum atomic E-state index is -1.30. The molecule has 5 N–H and O–H groups in total. The van der Waals surface area contributed by atoms with Crippen LogP contribution >= 0.6 is 23.2 Å². The number of H-pyrrole nitrogens is 1. The number of aliphatic hydroxyl groups is 1. The molecule has 5 atom stereocenters.